The molecule has 1 aliphatic rings. The first-order valence-corrected chi connectivity index (χ1v) is 7.18. The molecule has 0 saturated carbocycles. The fraction of sp³-hybridized carbons (Fsp3) is 0.467. The summed E-state index contributed by atoms with van der Waals surface area (Å²) in [6.07, 6.45) is 1.76. The number of piperidine rings is 1. The van der Waals surface area contributed by atoms with Crippen LogP contribution in [0.1, 0.15) is 32.3 Å². The number of nitriles is 1. The summed E-state index contributed by atoms with van der Waals surface area (Å²) < 4.78 is 0. The summed E-state index contributed by atoms with van der Waals surface area (Å²) in [5.74, 6) is 0.0296. The molecule has 0 radical (unpaired) electrons. The summed E-state index contributed by atoms with van der Waals surface area (Å²) in [7, 11) is 0. The highest BCUT2D eigenvalue weighted by molar-refractivity contribution is 6.34. The molecule has 1 aliphatic heterocycles. The average molecular weight is 292 g/mol. The molecule has 1 saturated heterocycles. The summed E-state index contributed by atoms with van der Waals surface area (Å²) in [5.41, 5.74) is 1.14. The van der Waals surface area contributed by atoms with Crippen LogP contribution in [0.25, 0.3) is 0 Å². The molecule has 0 bridgehead atoms. The highest BCUT2D eigenvalue weighted by Crippen LogP contribution is 2.30. The number of nitrogens with zero attached hydrogens (tertiary/aromatic N) is 2. The van der Waals surface area contributed by atoms with Crippen LogP contribution in [0.3, 0.4) is 0 Å². The number of rotatable bonds is 3. The maximum Gasteiger partial charge on any atom is 0.244 e. The van der Waals surface area contributed by atoms with Crippen LogP contribution >= 0.6 is 11.6 Å². The van der Waals surface area contributed by atoms with Gasteiger partial charge in [0.25, 0.3) is 0 Å². The van der Waals surface area contributed by atoms with Gasteiger partial charge in [0.05, 0.1) is 28.4 Å². The van der Waals surface area contributed by atoms with Gasteiger partial charge < -0.3 is 10.2 Å². The monoisotopic (exact) mass is 291 g/mol. The zero-order valence-corrected chi connectivity index (χ0v) is 12.4. The lowest BCUT2D eigenvalue weighted by Crippen LogP contribution is -2.52. The number of hydrogen-bond donors (Lipinski definition) is 1. The molecular formula is C15H18ClN3O. The first-order valence-electron chi connectivity index (χ1n) is 6.80. The molecule has 1 atom stereocenters. The van der Waals surface area contributed by atoms with E-state index in [1.54, 1.807) is 23.1 Å². The van der Waals surface area contributed by atoms with Crippen molar-refractivity contribution >= 4 is 23.2 Å². The Balaban J connectivity index is 2.28. The Morgan fingerprint density at radius 2 is 2.25 bits per heavy atom. The standard InChI is InChI=1S/C15H18ClN3O/c1-10(2)18-13-4-3-7-19(15(13)20)14-8-11(9-17)5-6-12(14)16/h5-6,8,10,13,18H,3-4,7H2,1-2H3. The number of carbonyl (C=O) groups is 1. The fourth-order valence-corrected chi connectivity index (χ4v) is 2.68. The van der Waals surface area contributed by atoms with Gasteiger partial charge in [0, 0.05) is 12.6 Å². The Morgan fingerprint density at radius 3 is 2.90 bits per heavy atom. The molecular weight excluding hydrogens is 274 g/mol. The first kappa shape index (κ1) is 14.8. The predicted molar refractivity (Wildman–Crippen MR) is 79.8 cm³/mol. The van der Waals surface area contributed by atoms with Crippen LogP contribution < -0.4 is 10.2 Å². The molecule has 0 spiro atoms. The van der Waals surface area contributed by atoms with Gasteiger partial charge in [-0.15, -0.1) is 0 Å². The number of hydrogen-bond acceptors (Lipinski definition) is 3. The molecule has 5 heteroatoms. The summed E-state index contributed by atoms with van der Waals surface area (Å²) >= 11 is 6.18. The molecule has 20 heavy (non-hydrogen) atoms. The first-order chi connectivity index (χ1) is 9.52. The van der Waals surface area contributed by atoms with Crippen molar-refractivity contribution < 1.29 is 4.79 Å². The SMILES string of the molecule is CC(C)NC1CCCN(c2cc(C#N)ccc2Cl)C1=O. The van der Waals surface area contributed by atoms with E-state index in [2.05, 4.69) is 11.4 Å². The van der Waals surface area contributed by atoms with Crippen LogP contribution in [0.4, 0.5) is 5.69 Å². The van der Waals surface area contributed by atoms with Crippen LogP contribution in [-0.2, 0) is 4.79 Å². The second-order valence-electron chi connectivity index (χ2n) is 5.28. The number of carbonyl (C=O) groups excluding carboxylic acids is 1. The van der Waals surface area contributed by atoms with Crippen molar-refractivity contribution in [3.8, 4) is 6.07 Å². The highest BCUT2D eigenvalue weighted by atomic mass is 35.5. The van der Waals surface area contributed by atoms with E-state index >= 15 is 0 Å². The number of nitrogens with one attached hydrogen (secondary N) is 1. The van der Waals surface area contributed by atoms with Gasteiger partial charge in [-0.1, -0.05) is 25.4 Å². The maximum atomic E-state index is 12.5. The van der Waals surface area contributed by atoms with Crippen molar-refractivity contribution in [2.75, 3.05) is 11.4 Å². The van der Waals surface area contributed by atoms with Crippen LogP contribution in [0.15, 0.2) is 18.2 Å². The Bertz CT molecular complexity index is 551. The summed E-state index contributed by atoms with van der Waals surface area (Å²) in [4.78, 5) is 14.2. The van der Waals surface area contributed by atoms with Gasteiger partial charge in [-0.25, -0.2) is 0 Å². The minimum absolute atomic E-state index is 0.0296. The zero-order valence-electron chi connectivity index (χ0n) is 11.7. The van der Waals surface area contributed by atoms with Gasteiger partial charge >= 0.3 is 0 Å². The van der Waals surface area contributed by atoms with E-state index in [1.165, 1.54) is 0 Å². The molecule has 1 heterocycles. The average Bonchev–Trinajstić information content (AvgIpc) is 2.42. The number of halogens is 1. The molecule has 1 unspecified atom stereocenters. The lowest BCUT2D eigenvalue weighted by atomic mass is 10.0. The van der Waals surface area contributed by atoms with Crippen LogP contribution in [0, 0.1) is 11.3 Å². The van der Waals surface area contributed by atoms with Gasteiger partial charge in [0.2, 0.25) is 5.91 Å². The smallest absolute Gasteiger partial charge is 0.244 e. The third kappa shape index (κ3) is 3.12. The third-order valence-corrected chi connectivity index (χ3v) is 3.66. The van der Waals surface area contributed by atoms with E-state index < -0.39 is 0 Å². The van der Waals surface area contributed by atoms with E-state index in [0.717, 1.165) is 12.8 Å². The maximum absolute atomic E-state index is 12.5. The van der Waals surface area contributed by atoms with Gasteiger partial charge in [-0.2, -0.15) is 5.26 Å². The Labute approximate surface area is 124 Å². The van der Waals surface area contributed by atoms with Crippen molar-refractivity contribution in [1.82, 2.24) is 5.32 Å². The Kier molecular flexibility index (Phi) is 4.64. The van der Waals surface area contributed by atoms with Crippen molar-refractivity contribution in [1.29, 1.82) is 5.26 Å². The predicted octanol–water partition coefficient (Wildman–Crippen LogP) is 2.71. The molecule has 0 aromatic heterocycles. The molecule has 4 nitrogen and oxygen atoms in total. The number of amides is 1. The minimum atomic E-state index is -0.175. The van der Waals surface area contributed by atoms with Crippen molar-refractivity contribution in [2.24, 2.45) is 0 Å². The molecule has 1 aromatic carbocycles. The van der Waals surface area contributed by atoms with E-state index in [-0.39, 0.29) is 18.0 Å². The molecule has 106 valence electrons. The quantitative estimate of drug-likeness (QED) is 0.931. The van der Waals surface area contributed by atoms with E-state index in [4.69, 9.17) is 16.9 Å². The van der Waals surface area contributed by atoms with E-state index in [9.17, 15) is 4.79 Å². The summed E-state index contributed by atoms with van der Waals surface area (Å²) in [5, 5.41) is 12.8. The Morgan fingerprint density at radius 1 is 1.50 bits per heavy atom. The van der Waals surface area contributed by atoms with Crippen LogP contribution in [-0.4, -0.2) is 24.5 Å². The van der Waals surface area contributed by atoms with Gasteiger partial charge in [-0.3, -0.25) is 4.79 Å². The normalized spacial score (nSPS) is 19.2. The molecule has 1 amide bonds. The van der Waals surface area contributed by atoms with Crippen molar-refractivity contribution in [3.63, 3.8) is 0 Å². The fourth-order valence-electron chi connectivity index (χ4n) is 2.46. The minimum Gasteiger partial charge on any atom is -0.310 e. The summed E-state index contributed by atoms with van der Waals surface area (Å²) in [6.45, 7) is 4.69. The molecule has 1 fully saturated rings. The molecule has 1 aromatic rings. The van der Waals surface area contributed by atoms with Gasteiger partial charge in [-0.05, 0) is 31.0 Å². The van der Waals surface area contributed by atoms with E-state index in [1.807, 2.05) is 13.8 Å². The third-order valence-electron chi connectivity index (χ3n) is 3.34. The summed E-state index contributed by atoms with van der Waals surface area (Å²) in [6, 6.07) is 7.16. The second-order valence-corrected chi connectivity index (χ2v) is 5.69. The lowest BCUT2D eigenvalue weighted by molar-refractivity contribution is -0.121. The number of benzene rings is 1. The lowest BCUT2D eigenvalue weighted by Gasteiger charge is -2.34. The van der Waals surface area contributed by atoms with E-state index in [0.29, 0.717) is 22.8 Å². The van der Waals surface area contributed by atoms with Gasteiger partial charge in [0.15, 0.2) is 0 Å². The van der Waals surface area contributed by atoms with Crippen molar-refractivity contribution in [3.05, 3.63) is 28.8 Å². The van der Waals surface area contributed by atoms with Crippen molar-refractivity contribution in [2.45, 2.75) is 38.8 Å². The highest BCUT2D eigenvalue weighted by Gasteiger charge is 2.30. The number of anilines is 1. The van der Waals surface area contributed by atoms with Crippen LogP contribution in [0.5, 0.6) is 0 Å². The zero-order chi connectivity index (χ0) is 14.7. The molecule has 1 N–H and O–H groups in total. The van der Waals surface area contributed by atoms with Crippen LogP contribution in [0.2, 0.25) is 5.02 Å². The molecule has 2 rings (SSSR count). The van der Waals surface area contributed by atoms with Gasteiger partial charge in [0.1, 0.15) is 0 Å². The topological polar surface area (TPSA) is 56.1 Å². The largest absolute Gasteiger partial charge is 0.310 e. The second kappa shape index (κ2) is 6.25. The molecule has 0 aliphatic carbocycles. The Hall–Kier alpha value is -1.57.